The quantitative estimate of drug-likeness (QED) is 0.825. The van der Waals surface area contributed by atoms with Gasteiger partial charge in [-0.1, -0.05) is 0 Å². The summed E-state index contributed by atoms with van der Waals surface area (Å²) in [6, 6.07) is 4.10. The Morgan fingerprint density at radius 3 is 1.88 bits per heavy atom. The van der Waals surface area contributed by atoms with Crippen molar-refractivity contribution in [3.05, 3.63) is 17.7 Å². The first-order chi connectivity index (χ1) is 8.14. The molecule has 94 valence electrons. The van der Waals surface area contributed by atoms with Crippen LogP contribution >= 0.6 is 11.8 Å². The zero-order valence-corrected chi connectivity index (χ0v) is 11.5. The molecule has 1 heterocycles. The van der Waals surface area contributed by atoms with E-state index in [9.17, 15) is 0 Å². The Morgan fingerprint density at radius 1 is 1.06 bits per heavy atom. The van der Waals surface area contributed by atoms with Crippen LogP contribution in [0, 0.1) is 0 Å². The van der Waals surface area contributed by atoms with Gasteiger partial charge in [0.05, 0.1) is 21.3 Å². The summed E-state index contributed by atoms with van der Waals surface area (Å²) in [6.45, 7) is 2.25. The van der Waals surface area contributed by atoms with Crippen LogP contribution in [0.3, 0.4) is 0 Å². The first-order valence-corrected chi connectivity index (χ1v) is 6.57. The Morgan fingerprint density at radius 2 is 1.59 bits per heavy atom. The van der Waals surface area contributed by atoms with Gasteiger partial charge in [-0.05, 0) is 36.8 Å². The topological polar surface area (TPSA) is 27.7 Å². The first-order valence-electron chi connectivity index (χ1n) is 5.59. The van der Waals surface area contributed by atoms with E-state index in [2.05, 4.69) is 6.92 Å². The average Bonchev–Trinajstić information content (AvgIpc) is 2.33. The van der Waals surface area contributed by atoms with Crippen LogP contribution in [0.25, 0.3) is 0 Å². The van der Waals surface area contributed by atoms with E-state index < -0.39 is 0 Å². The lowest BCUT2D eigenvalue weighted by Crippen LogP contribution is -2.27. The Bertz CT molecular complexity index is 388. The molecule has 0 aliphatic carbocycles. The van der Waals surface area contributed by atoms with Gasteiger partial charge in [-0.3, -0.25) is 0 Å². The molecule has 0 radical (unpaired) electrons. The Kier molecular flexibility index (Phi) is 3.43. The largest absolute Gasteiger partial charge is 0.493 e. The standard InChI is InChI=1S/C13H18O3S/c1-13(5-6-17-13)9-7-10(14-2)12(16-4)11(8-9)15-3/h7-8H,5-6H2,1-4H3. The Balaban J connectivity index is 2.48. The van der Waals surface area contributed by atoms with Crippen molar-refractivity contribution >= 4 is 11.8 Å². The third kappa shape index (κ3) is 2.06. The molecule has 0 spiro atoms. The Hall–Kier alpha value is -1.03. The predicted molar refractivity (Wildman–Crippen MR) is 70.5 cm³/mol. The molecule has 4 heteroatoms. The molecule has 1 unspecified atom stereocenters. The fourth-order valence-electron chi connectivity index (χ4n) is 2.02. The molecular formula is C13H18O3S. The van der Waals surface area contributed by atoms with E-state index in [4.69, 9.17) is 14.2 Å². The molecule has 0 amide bonds. The summed E-state index contributed by atoms with van der Waals surface area (Å²) < 4.78 is 16.2. The molecular weight excluding hydrogens is 236 g/mol. The van der Waals surface area contributed by atoms with Crippen LogP contribution in [0.1, 0.15) is 18.9 Å². The highest BCUT2D eigenvalue weighted by molar-refractivity contribution is 8.01. The molecule has 1 aliphatic heterocycles. The van der Waals surface area contributed by atoms with Crippen LogP contribution in [0.4, 0.5) is 0 Å². The summed E-state index contributed by atoms with van der Waals surface area (Å²) in [5.74, 6) is 3.34. The summed E-state index contributed by atoms with van der Waals surface area (Å²) in [6.07, 6.45) is 1.19. The molecule has 3 nitrogen and oxygen atoms in total. The maximum Gasteiger partial charge on any atom is 0.203 e. The SMILES string of the molecule is COc1cc(C2(C)CCS2)cc(OC)c1OC. The fourth-order valence-corrected chi connectivity index (χ4v) is 3.12. The van der Waals surface area contributed by atoms with Gasteiger partial charge in [0.15, 0.2) is 11.5 Å². The van der Waals surface area contributed by atoms with Gasteiger partial charge in [-0.15, -0.1) is 0 Å². The maximum absolute atomic E-state index is 5.37. The number of hydrogen-bond acceptors (Lipinski definition) is 4. The summed E-state index contributed by atoms with van der Waals surface area (Å²) >= 11 is 1.96. The van der Waals surface area contributed by atoms with Crippen LogP contribution in [-0.4, -0.2) is 27.1 Å². The van der Waals surface area contributed by atoms with Crippen molar-refractivity contribution in [2.75, 3.05) is 27.1 Å². The van der Waals surface area contributed by atoms with Crippen molar-refractivity contribution in [3.8, 4) is 17.2 Å². The highest BCUT2D eigenvalue weighted by Crippen LogP contribution is 2.52. The smallest absolute Gasteiger partial charge is 0.203 e. The molecule has 1 aromatic carbocycles. The molecule has 1 aliphatic rings. The number of ether oxygens (including phenoxy) is 3. The fraction of sp³-hybridized carbons (Fsp3) is 0.538. The van der Waals surface area contributed by atoms with E-state index in [0.29, 0.717) is 5.75 Å². The van der Waals surface area contributed by atoms with Gasteiger partial charge in [-0.2, -0.15) is 11.8 Å². The highest BCUT2D eigenvalue weighted by atomic mass is 32.2. The van der Waals surface area contributed by atoms with Crippen molar-refractivity contribution in [3.63, 3.8) is 0 Å². The minimum absolute atomic E-state index is 0.187. The zero-order chi connectivity index (χ0) is 12.5. The molecule has 0 N–H and O–H groups in total. The summed E-state index contributed by atoms with van der Waals surface area (Å²) in [4.78, 5) is 0. The number of rotatable bonds is 4. The lowest BCUT2D eigenvalue weighted by atomic mass is 9.95. The summed E-state index contributed by atoms with van der Waals surface area (Å²) in [5.41, 5.74) is 1.24. The predicted octanol–water partition coefficient (Wildman–Crippen LogP) is 3.06. The Labute approximate surface area is 106 Å². The lowest BCUT2D eigenvalue weighted by molar-refractivity contribution is 0.323. The van der Waals surface area contributed by atoms with Crippen LogP contribution in [0.2, 0.25) is 0 Å². The second-order valence-corrected chi connectivity index (χ2v) is 5.84. The third-order valence-electron chi connectivity index (χ3n) is 3.28. The van der Waals surface area contributed by atoms with Crippen LogP contribution < -0.4 is 14.2 Å². The van der Waals surface area contributed by atoms with Gasteiger partial charge in [-0.25, -0.2) is 0 Å². The van der Waals surface area contributed by atoms with Crippen molar-refractivity contribution in [2.45, 2.75) is 18.1 Å². The molecule has 1 saturated heterocycles. The molecule has 0 saturated carbocycles. The van der Waals surface area contributed by atoms with Gasteiger partial charge >= 0.3 is 0 Å². The molecule has 0 bridgehead atoms. The van der Waals surface area contributed by atoms with E-state index in [1.807, 2.05) is 23.9 Å². The minimum atomic E-state index is 0.187. The van der Waals surface area contributed by atoms with Crippen LogP contribution in [-0.2, 0) is 4.75 Å². The van der Waals surface area contributed by atoms with Crippen molar-refractivity contribution in [1.29, 1.82) is 0 Å². The van der Waals surface area contributed by atoms with Crippen LogP contribution in [0.15, 0.2) is 12.1 Å². The summed E-state index contributed by atoms with van der Waals surface area (Å²) in [5, 5.41) is 0. The van der Waals surface area contributed by atoms with E-state index in [1.54, 1.807) is 21.3 Å². The van der Waals surface area contributed by atoms with Gasteiger partial charge in [0.1, 0.15) is 0 Å². The normalized spacial score (nSPS) is 22.8. The molecule has 2 rings (SSSR count). The monoisotopic (exact) mass is 254 g/mol. The van der Waals surface area contributed by atoms with E-state index >= 15 is 0 Å². The molecule has 1 fully saturated rings. The van der Waals surface area contributed by atoms with Crippen molar-refractivity contribution in [1.82, 2.24) is 0 Å². The van der Waals surface area contributed by atoms with E-state index in [0.717, 1.165) is 11.5 Å². The molecule has 0 aromatic heterocycles. The maximum atomic E-state index is 5.37. The van der Waals surface area contributed by atoms with Crippen LogP contribution in [0.5, 0.6) is 17.2 Å². The number of benzene rings is 1. The second kappa shape index (κ2) is 4.69. The van der Waals surface area contributed by atoms with Gasteiger partial charge in [0.25, 0.3) is 0 Å². The molecule has 1 atom stereocenters. The molecule has 17 heavy (non-hydrogen) atoms. The lowest BCUT2D eigenvalue weighted by Gasteiger charge is -2.38. The van der Waals surface area contributed by atoms with E-state index in [-0.39, 0.29) is 4.75 Å². The second-order valence-electron chi connectivity index (χ2n) is 4.24. The van der Waals surface area contributed by atoms with E-state index in [1.165, 1.54) is 17.7 Å². The van der Waals surface area contributed by atoms with Crippen molar-refractivity contribution in [2.24, 2.45) is 0 Å². The van der Waals surface area contributed by atoms with Gasteiger partial charge in [0, 0.05) is 4.75 Å². The van der Waals surface area contributed by atoms with Gasteiger partial charge < -0.3 is 14.2 Å². The molecule has 1 aromatic rings. The number of methoxy groups -OCH3 is 3. The highest BCUT2D eigenvalue weighted by Gasteiger charge is 2.36. The minimum Gasteiger partial charge on any atom is -0.493 e. The third-order valence-corrected chi connectivity index (χ3v) is 4.76. The van der Waals surface area contributed by atoms with Gasteiger partial charge in [0.2, 0.25) is 5.75 Å². The zero-order valence-electron chi connectivity index (χ0n) is 10.7. The average molecular weight is 254 g/mol. The number of thioether (sulfide) groups is 1. The summed E-state index contributed by atoms with van der Waals surface area (Å²) in [7, 11) is 4.93. The first kappa shape index (κ1) is 12.4. The van der Waals surface area contributed by atoms with Crippen molar-refractivity contribution < 1.29 is 14.2 Å². The number of hydrogen-bond donors (Lipinski definition) is 0.